The number of hydrogen-bond acceptors (Lipinski definition) is 2. The number of pyridine rings is 1. The highest BCUT2D eigenvalue weighted by Crippen LogP contribution is 2.31. The molecule has 0 aromatic carbocycles. The first-order valence-electron chi connectivity index (χ1n) is 6.52. The van der Waals surface area contributed by atoms with Gasteiger partial charge in [0.25, 0.3) is 0 Å². The number of hydrogen-bond donors (Lipinski definition) is 0. The summed E-state index contributed by atoms with van der Waals surface area (Å²) in [6.07, 6.45) is 4.52. The van der Waals surface area contributed by atoms with E-state index in [2.05, 4.69) is 22.9 Å². The Bertz CT molecular complexity index is 570. The van der Waals surface area contributed by atoms with E-state index < -0.39 is 0 Å². The molecule has 1 fully saturated rings. The Labute approximate surface area is 112 Å². The highest BCUT2D eigenvalue weighted by molar-refractivity contribution is 6.30. The van der Waals surface area contributed by atoms with Crippen LogP contribution in [-0.2, 0) is 7.05 Å². The molecular weight excluding hydrogens is 246 g/mol. The van der Waals surface area contributed by atoms with Gasteiger partial charge in [0.05, 0.1) is 0 Å². The summed E-state index contributed by atoms with van der Waals surface area (Å²) in [6, 6.07) is 4.60. The van der Waals surface area contributed by atoms with Crippen molar-refractivity contribution in [2.75, 3.05) is 13.1 Å². The van der Waals surface area contributed by atoms with Crippen LogP contribution in [0.1, 0.15) is 31.4 Å². The maximum Gasteiger partial charge on any atom is 0.141 e. The molecule has 0 spiro atoms. The molecule has 3 nitrogen and oxygen atoms in total. The van der Waals surface area contributed by atoms with Crippen molar-refractivity contribution < 1.29 is 0 Å². The van der Waals surface area contributed by atoms with Crippen molar-refractivity contribution in [2.45, 2.75) is 25.8 Å². The van der Waals surface area contributed by atoms with Gasteiger partial charge < -0.3 is 4.57 Å². The average Bonchev–Trinajstić information content (AvgIpc) is 2.99. The summed E-state index contributed by atoms with van der Waals surface area (Å²) in [7, 11) is 1.96. The van der Waals surface area contributed by atoms with E-state index in [4.69, 9.17) is 11.6 Å². The van der Waals surface area contributed by atoms with Crippen LogP contribution in [0.4, 0.5) is 0 Å². The normalized spacial score (nSPS) is 18.6. The highest BCUT2D eigenvalue weighted by atomic mass is 35.5. The zero-order valence-corrected chi connectivity index (χ0v) is 11.6. The smallest absolute Gasteiger partial charge is 0.141 e. The van der Waals surface area contributed by atoms with E-state index in [1.807, 2.05) is 23.9 Å². The molecule has 1 aliphatic heterocycles. The van der Waals surface area contributed by atoms with Gasteiger partial charge in [-0.25, -0.2) is 4.98 Å². The number of likely N-dealkylation sites (tertiary alicyclic amines) is 1. The molecule has 96 valence electrons. The minimum atomic E-state index is 0.441. The lowest BCUT2D eigenvalue weighted by Crippen LogP contribution is -2.23. The van der Waals surface area contributed by atoms with Crippen LogP contribution in [0.2, 0.25) is 5.15 Å². The molecule has 0 N–H and O–H groups in total. The molecule has 18 heavy (non-hydrogen) atoms. The van der Waals surface area contributed by atoms with Gasteiger partial charge in [-0.3, -0.25) is 4.90 Å². The molecule has 1 saturated heterocycles. The third kappa shape index (κ3) is 1.82. The summed E-state index contributed by atoms with van der Waals surface area (Å²) < 4.78 is 1.94. The van der Waals surface area contributed by atoms with Gasteiger partial charge in [-0.1, -0.05) is 11.6 Å². The van der Waals surface area contributed by atoms with Gasteiger partial charge in [-0.05, 0) is 50.6 Å². The van der Waals surface area contributed by atoms with Crippen LogP contribution < -0.4 is 0 Å². The molecule has 0 aliphatic carbocycles. The third-order valence-electron chi connectivity index (χ3n) is 4.04. The lowest BCUT2D eigenvalue weighted by Gasteiger charge is -2.24. The Balaban J connectivity index is 2.08. The topological polar surface area (TPSA) is 21.1 Å². The summed E-state index contributed by atoms with van der Waals surface area (Å²) in [5.41, 5.74) is 2.31. The largest absolute Gasteiger partial charge is 0.319 e. The van der Waals surface area contributed by atoms with Gasteiger partial charge in [-0.15, -0.1) is 0 Å². The molecule has 1 unspecified atom stereocenters. The van der Waals surface area contributed by atoms with E-state index in [1.165, 1.54) is 36.9 Å². The summed E-state index contributed by atoms with van der Waals surface area (Å²) in [6.45, 7) is 4.68. The van der Waals surface area contributed by atoms with E-state index in [0.717, 1.165) is 10.8 Å². The third-order valence-corrected chi connectivity index (χ3v) is 4.41. The molecule has 3 heterocycles. The van der Waals surface area contributed by atoms with Crippen molar-refractivity contribution in [1.29, 1.82) is 0 Å². The van der Waals surface area contributed by atoms with Crippen LogP contribution in [0, 0.1) is 0 Å². The molecule has 2 aromatic rings. The maximum atomic E-state index is 6.20. The van der Waals surface area contributed by atoms with E-state index in [-0.39, 0.29) is 0 Å². The minimum absolute atomic E-state index is 0.441. The quantitative estimate of drug-likeness (QED) is 0.828. The first kappa shape index (κ1) is 12.0. The lowest BCUT2D eigenvalue weighted by atomic mass is 10.1. The second-order valence-corrected chi connectivity index (χ2v) is 5.47. The Morgan fingerprint density at radius 3 is 2.78 bits per heavy atom. The van der Waals surface area contributed by atoms with Crippen molar-refractivity contribution in [2.24, 2.45) is 7.05 Å². The Kier molecular flexibility index (Phi) is 3.04. The predicted molar refractivity (Wildman–Crippen MR) is 74.9 cm³/mol. The van der Waals surface area contributed by atoms with Crippen LogP contribution in [0.25, 0.3) is 11.0 Å². The first-order valence-corrected chi connectivity index (χ1v) is 6.90. The second-order valence-electron chi connectivity index (χ2n) is 5.08. The van der Waals surface area contributed by atoms with Crippen LogP contribution in [0.3, 0.4) is 0 Å². The molecule has 1 atom stereocenters. The summed E-state index contributed by atoms with van der Waals surface area (Å²) in [5.74, 6) is 0. The molecule has 0 bridgehead atoms. The standard InChI is InChI=1S/C14H18ClN3/c1-10(18-7-3-4-8-18)11-5-6-16-14-12(11)9-13(15)17(14)2/h5-6,9-10H,3-4,7-8H2,1-2H3. The summed E-state index contributed by atoms with van der Waals surface area (Å²) in [4.78, 5) is 6.97. The van der Waals surface area contributed by atoms with Crippen molar-refractivity contribution in [3.8, 4) is 0 Å². The number of halogens is 1. The van der Waals surface area contributed by atoms with Gasteiger partial charge >= 0.3 is 0 Å². The second kappa shape index (κ2) is 4.56. The van der Waals surface area contributed by atoms with Crippen LogP contribution in [-0.4, -0.2) is 27.5 Å². The molecular formula is C14H18ClN3. The number of nitrogens with zero attached hydrogens (tertiary/aromatic N) is 3. The van der Waals surface area contributed by atoms with Gasteiger partial charge in [0, 0.05) is 24.7 Å². The first-order chi connectivity index (χ1) is 8.68. The van der Waals surface area contributed by atoms with Crippen LogP contribution in [0.5, 0.6) is 0 Å². The predicted octanol–water partition coefficient (Wildman–Crippen LogP) is 3.38. The fourth-order valence-corrected chi connectivity index (χ4v) is 3.09. The fourth-order valence-electron chi connectivity index (χ4n) is 2.90. The minimum Gasteiger partial charge on any atom is -0.319 e. The summed E-state index contributed by atoms with van der Waals surface area (Å²) in [5, 5.41) is 1.93. The van der Waals surface area contributed by atoms with Crippen molar-refractivity contribution in [1.82, 2.24) is 14.5 Å². The Hall–Kier alpha value is -1.06. The zero-order chi connectivity index (χ0) is 12.7. The SMILES string of the molecule is CC(c1ccnc2c1cc(Cl)n2C)N1CCCC1. The summed E-state index contributed by atoms with van der Waals surface area (Å²) >= 11 is 6.20. The van der Waals surface area contributed by atoms with E-state index >= 15 is 0 Å². The monoisotopic (exact) mass is 263 g/mol. The Morgan fingerprint density at radius 1 is 1.33 bits per heavy atom. The van der Waals surface area contributed by atoms with Gasteiger partial charge in [0.2, 0.25) is 0 Å². The van der Waals surface area contributed by atoms with Crippen molar-refractivity contribution in [3.05, 3.63) is 29.0 Å². The molecule has 4 heteroatoms. The molecule has 0 amide bonds. The number of aromatic nitrogens is 2. The van der Waals surface area contributed by atoms with Gasteiger partial charge in [0.1, 0.15) is 10.8 Å². The van der Waals surface area contributed by atoms with E-state index in [1.54, 1.807) is 0 Å². The van der Waals surface area contributed by atoms with Gasteiger partial charge in [0.15, 0.2) is 0 Å². The molecule has 2 aromatic heterocycles. The average molecular weight is 264 g/mol. The number of aryl methyl sites for hydroxylation is 1. The number of fused-ring (bicyclic) bond motifs is 1. The van der Waals surface area contributed by atoms with Crippen LogP contribution in [0.15, 0.2) is 18.3 Å². The van der Waals surface area contributed by atoms with E-state index in [0.29, 0.717) is 6.04 Å². The van der Waals surface area contributed by atoms with Crippen molar-refractivity contribution in [3.63, 3.8) is 0 Å². The molecule has 3 rings (SSSR count). The number of rotatable bonds is 2. The maximum absolute atomic E-state index is 6.20. The van der Waals surface area contributed by atoms with E-state index in [9.17, 15) is 0 Å². The Morgan fingerprint density at radius 2 is 2.06 bits per heavy atom. The lowest BCUT2D eigenvalue weighted by molar-refractivity contribution is 0.264. The molecule has 0 saturated carbocycles. The fraction of sp³-hybridized carbons (Fsp3) is 0.500. The van der Waals surface area contributed by atoms with Gasteiger partial charge in [-0.2, -0.15) is 0 Å². The van der Waals surface area contributed by atoms with Crippen molar-refractivity contribution >= 4 is 22.6 Å². The zero-order valence-electron chi connectivity index (χ0n) is 10.9. The van der Waals surface area contributed by atoms with Crippen LogP contribution >= 0.6 is 11.6 Å². The molecule has 1 aliphatic rings. The highest BCUT2D eigenvalue weighted by Gasteiger charge is 2.22. The molecule has 0 radical (unpaired) electrons.